The third-order valence-electron chi connectivity index (χ3n) is 4.79. The van der Waals surface area contributed by atoms with Crippen molar-refractivity contribution in [3.8, 4) is 5.75 Å². The van der Waals surface area contributed by atoms with Gasteiger partial charge in [-0.3, -0.25) is 10.1 Å². The van der Waals surface area contributed by atoms with Crippen molar-refractivity contribution in [1.82, 2.24) is 5.32 Å². The van der Waals surface area contributed by atoms with Gasteiger partial charge in [-0.25, -0.2) is 0 Å². The Balaban J connectivity index is 1.53. The molecule has 1 fully saturated rings. The number of thiocarbonyl (C=S) groups is 1. The fourth-order valence-corrected chi connectivity index (χ4v) is 3.30. The van der Waals surface area contributed by atoms with Crippen molar-refractivity contribution in [2.45, 2.75) is 45.1 Å². The Labute approximate surface area is 177 Å². The molecular weight excluding hydrogens is 384 g/mol. The summed E-state index contributed by atoms with van der Waals surface area (Å²) in [5.74, 6) is 0.492. The molecule has 2 aromatic rings. The van der Waals surface area contributed by atoms with E-state index in [0.717, 1.165) is 30.9 Å². The molecule has 6 heteroatoms. The number of anilines is 1. The first-order chi connectivity index (χ1) is 13.8. The topological polar surface area (TPSA) is 59.6 Å². The van der Waals surface area contributed by atoms with Gasteiger partial charge in [-0.15, -0.1) is 0 Å². The van der Waals surface area contributed by atoms with Crippen LogP contribution in [0.3, 0.4) is 0 Å². The number of carbonyl (C=O) groups excluding carboxylic acids is 1. The van der Waals surface area contributed by atoms with Crippen LogP contribution in [0.2, 0.25) is 0 Å². The van der Waals surface area contributed by atoms with E-state index in [-0.39, 0.29) is 22.5 Å². The Hall–Kier alpha value is -2.44. The van der Waals surface area contributed by atoms with Crippen molar-refractivity contribution in [3.05, 3.63) is 59.7 Å². The zero-order valence-electron chi connectivity index (χ0n) is 17.2. The Kier molecular flexibility index (Phi) is 6.87. The molecular formula is C23H28N2O3S. The molecule has 1 aliphatic heterocycles. The molecule has 1 aliphatic rings. The maximum atomic E-state index is 12.4. The number of ether oxygens (including phenoxy) is 2. The van der Waals surface area contributed by atoms with Crippen LogP contribution in [0.1, 0.15) is 49.5 Å². The monoisotopic (exact) mass is 412 g/mol. The summed E-state index contributed by atoms with van der Waals surface area (Å²) >= 11 is 5.29. The average molecular weight is 413 g/mol. The van der Waals surface area contributed by atoms with Gasteiger partial charge in [0.05, 0.1) is 6.10 Å². The first-order valence-electron chi connectivity index (χ1n) is 9.88. The van der Waals surface area contributed by atoms with E-state index in [0.29, 0.717) is 12.2 Å². The summed E-state index contributed by atoms with van der Waals surface area (Å²) in [7, 11) is 0. The summed E-state index contributed by atoms with van der Waals surface area (Å²) in [6, 6.07) is 15.1. The lowest BCUT2D eigenvalue weighted by Gasteiger charge is -2.19. The van der Waals surface area contributed by atoms with Gasteiger partial charge in [-0.1, -0.05) is 39.0 Å². The van der Waals surface area contributed by atoms with Gasteiger partial charge in [-0.05, 0) is 60.3 Å². The van der Waals surface area contributed by atoms with E-state index in [9.17, 15) is 4.79 Å². The molecule has 1 atom stereocenters. The van der Waals surface area contributed by atoms with E-state index >= 15 is 0 Å². The molecule has 29 heavy (non-hydrogen) atoms. The fourth-order valence-electron chi connectivity index (χ4n) is 3.09. The van der Waals surface area contributed by atoms with Crippen LogP contribution in [0, 0.1) is 0 Å². The Morgan fingerprint density at radius 3 is 2.62 bits per heavy atom. The molecule has 0 aliphatic carbocycles. The van der Waals surface area contributed by atoms with E-state index in [1.807, 2.05) is 48.5 Å². The zero-order chi connectivity index (χ0) is 20.9. The maximum Gasteiger partial charge on any atom is 0.257 e. The van der Waals surface area contributed by atoms with Crippen LogP contribution >= 0.6 is 12.2 Å². The molecule has 1 heterocycles. The number of amides is 1. The van der Waals surface area contributed by atoms with Crippen LogP contribution in [0.15, 0.2) is 48.5 Å². The SMILES string of the molecule is CC(C)(C)c1ccc(C(=O)NC(=S)Nc2cccc(OCC3CCCO3)c2)cc1. The van der Waals surface area contributed by atoms with Crippen molar-refractivity contribution < 1.29 is 14.3 Å². The highest BCUT2D eigenvalue weighted by Gasteiger charge is 2.16. The van der Waals surface area contributed by atoms with Gasteiger partial charge in [0.2, 0.25) is 0 Å². The lowest BCUT2D eigenvalue weighted by Crippen LogP contribution is -2.34. The largest absolute Gasteiger partial charge is 0.491 e. The molecule has 1 unspecified atom stereocenters. The molecule has 154 valence electrons. The van der Waals surface area contributed by atoms with Crippen LogP contribution in [-0.4, -0.2) is 30.3 Å². The molecule has 0 bridgehead atoms. The van der Waals surface area contributed by atoms with E-state index in [2.05, 4.69) is 31.4 Å². The minimum atomic E-state index is -0.242. The fraction of sp³-hybridized carbons (Fsp3) is 0.391. The predicted molar refractivity (Wildman–Crippen MR) is 120 cm³/mol. The Morgan fingerprint density at radius 2 is 1.97 bits per heavy atom. The Morgan fingerprint density at radius 1 is 1.21 bits per heavy atom. The normalized spacial score (nSPS) is 16.3. The van der Waals surface area contributed by atoms with Gasteiger partial charge < -0.3 is 14.8 Å². The van der Waals surface area contributed by atoms with E-state index < -0.39 is 0 Å². The first kappa shape index (κ1) is 21.3. The predicted octanol–water partition coefficient (Wildman–Crippen LogP) is 4.67. The lowest BCUT2D eigenvalue weighted by atomic mass is 9.87. The highest BCUT2D eigenvalue weighted by atomic mass is 32.1. The van der Waals surface area contributed by atoms with Crippen molar-refractivity contribution in [2.24, 2.45) is 0 Å². The van der Waals surface area contributed by atoms with E-state index in [1.165, 1.54) is 5.56 Å². The number of nitrogens with one attached hydrogen (secondary N) is 2. The molecule has 0 radical (unpaired) electrons. The third kappa shape index (κ3) is 6.27. The first-order valence-corrected chi connectivity index (χ1v) is 10.3. The van der Waals surface area contributed by atoms with Crippen LogP contribution in [0.25, 0.3) is 0 Å². The summed E-state index contributed by atoms with van der Waals surface area (Å²) in [6.07, 6.45) is 2.28. The van der Waals surface area contributed by atoms with Crippen LogP contribution in [0.4, 0.5) is 5.69 Å². The van der Waals surface area contributed by atoms with Crippen molar-refractivity contribution >= 4 is 28.9 Å². The average Bonchev–Trinajstić information content (AvgIpc) is 3.19. The zero-order valence-corrected chi connectivity index (χ0v) is 18.0. The second-order valence-corrected chi connectivity index (χ2v) is 8.62. The number of carbonyl (C=O) groups is 1. The highest BCUT2D eigenvalue weighted by Crippen LogP contribution is 2.22. The molecule has 2 N–H and O–H groups in total. The molecule has 3 rings (SSSR count). The quantitative estimate of drug-likeness (QED) is 0.699. The summed E-state index contributed by atoms with van der Waals surface area (Å²) in [4.78, 5) is 12.4. The second kappa shape index (κ2) is 9.37. The number of hydrogen-bond acceptors (Lipinski definition) is 4. The highest BCUT2D eigenvalue weighted by molar-refractivity contribution is 7.80. The molecule has 1 saturated heterocycles. The van der Waals surface area contributed by atoms with E-state index in [1.54, 1.807) is 0 Å². The third-order valence-corrected chi connectivity index (χ3v) is 5.00. The van der Waals surface area contributed by atoms with Crippen molar-refractivity contribution in [2.75, 3.05) is 18.5 Å². The summed E-state index contributed by atoms with van der Waals surface area (Å²) in [5.41, 5.74) is 2.54. The van der Waals surface area contributed by atoms with Gasteiger partial charge in [0, 0.05) is 23.9 Å². The molecule has 0 spiro atoms. The molecule has 1 amide bonds. The second-order valence-electron chi connectivity index (χ2n) is 8.21. The standard InChI is InChI=1S/C23H28N2O3S/c1-23(2,3)17-11-9-16(10-12-17)21(26)25-22(29)24-18-6-4-7-19(14-18)28-15-20-8-5-13-27-20/h4,6-7,9-12,14,20H,5,8,13,15H2,1-3H3,(H2,24,25,26,29). The van der Waals surface area contributed by atoms with Gasteiger partial charge >= 0.3 is 0 Å². The number of benzene rings is 2. The van der Waals surface area contributed by atoms with E-state index in [4.69, 9.17) is 21.7 Å². The summed E-state index contributed by atoms with van der Waals surface area (Å²) < 4.78 is 11.4. The van der Waals surface area contributed by atoms with Gasteiger partial charge in [0.1, 0.15) is 12.4 Å². The van der Waals surface area contributed by atoms with Crippen LogP contribution < -0.4 is 15.4 Å². The van der Waals surface area contributed by atoms with Gasteiger partial charge in [0.25, 0.3) is 5.91 Å². The van der Waals surface area contributed by atoms with Crippen LogP contribution in [-0.2, 0) is 10.2 Å². The smallest absolute Gasteiger partial charge is 0.257 e. The molecule has 5 nitrogen and oxygen atoms in total. The van der Waals surface area contributed by atoms with Crippen LogP contribution in [0.5, 0.6) is 5.75 Å². The molecule has 2 aromatic carbocycles. The van der Waals surface area contributed by atoms with Crippen molar-refractivity contribution in [3.63, 3.8) is 0 Å². The molecule has 0 aromatic heterocycles. The minimum absolute atomic E-state index is 0.0445. The maximum absolute atomic E-state index is 12.4. The molecule has 0 saturated carbocycles. The number of hydrogen-bond donors (Lipinski definition) is 2. The minimum Gasteiger partial charge on any atom is -0.491 e. The van der Waals surface area contributed by atoms with Gasteiger partial charge in [0.15, 0.2) is 5.11 Å². The Bertz CT molecular complexity index is 853. The lowest BCUT2D eigenvalue weighted by molar-refractivity contribution is 0.0680. The summed E-state index contributed by atoms with van der Waals surface area (Å²) in [5, 5.41) is 6.00. The number of rotatable bonds is 5. The van der Waals surface area contributed by atoms with Gasteiger partial charge in [-0.2, -0.15) is 0 Å². The summed E-state index contributed by atoms with van der Waals surface area (Å²) in [6.45, 7) is 7.76. The van der Waals surface area contributed by atoms with Crippen molar-refractivity contribution in [1.29, 1.82) is 0 Å².